The molecule has 1 aromatic carbocycles. The molecule has 2 bridgehead atoms. The van der Waals surface area contributed by atoms with Gasteiger partial charge in [0.15, 0.2) is 0 Å². The molecular weight excluding hydrogens is 294 g/mol. The van der Waals surface area contributed by atoms with Crippen LogP contribution in [0.3, 0.4) is 0 Å². The second-order valence-corrected chi connectivity index (χ2v) is 6.54. The summed E-state index contributed by atoms with van der Waals surface area (Å²) >= 11 is 0. The van der Waals surface area contributed by atoms with Crippen molar-refractivity contribution in [2.75, 3.05) is 52.3 Å². The van der Waals surface area contributed by atoms with Crippen molar-refractivity contribution in [1.29, 1.82) is 0 Å². The SMILES string of the molecule is COc1ccc(C)cc1NC(=O)N1C[C@@H]2COC[C@H](C1)N(C)C2. The van der Waals surface area contributed by atoms with Crippen LogP contribution in [-0.4, -0.2) is 68.9 Å². The van der Waals surface area contributed by atoms with Gasteiger partial charge in [-0.05, 0) is 31.7 Å². The van der Waals surface area contributed by atoms with Gasteiger partial charge in [0, 0.05) is 25.6 Å². The zero-order chi connectivity index (χ0) is 16.4. The predicted octanol–water partition coefficient (Wildman–Crippen LogP) is 1.80. The lowest BCUT2D eigenvalue weighted by molar-refractivity contribution is 0.0643. The molecule has 2 heterocycles. The van der Waals surface area contributed by atoms with Crippen molar-refractivity contribution >= 4 is 11.7 Å². The zero-order valence-corrected chi connectivity index (χ0v) is 14.0. The van der Waals surface area contributed by atoms with E-state index in [0.29, 0.717) is 24.8 Å². The van der Waals surface area contributed by atoms with E-state index in [1.807, 2.05) is 30.0 Å². The highest BCUT2D eigenvalue weighted by atomic mass is 16.5. The van der Waals surface area contributed by atoms with E-state index >= 15 is 0 Å². The molecule has 1 N–H and O–H groups in total. The summed E-state index contributed by atoms with van der Waals surface area (Å²) in [6.45, 7) is 5.79. The van der Waals surface area contributed by atoms with Crippen LogP contribution < -0.4 is 10.1 Å². The average Bonchev–Trinajstić information content (AvgIpc) is 2.76. The number of amides is 2. The largest absolute Gasteiger partial charge is 0.495 e. The van der Waals surface area contributed by atoms with Gasteiger partial charge in [0.05, 0.1) is 32.1 Å². The summed E-state index contributed by atoms with van der Waals surface area (Å²) < 4.78 is 11.1. The number of benzene rings is 1. The molecule has 6 nitrogen and oxygen atoms in total. The minimum absolute atomic E-state index is 0.0684. The molecule has 2 aliphatic heterocycles. The number of anilines is 1. The third-order valence-corrected chi connectivity index (χ3v) is 4.63. The van der Waals surface area contributed by atoms with Gasteiger partial charge in [-0.1, -0.05) is 6.07 Å². The zero-order valence-electron chi connectivity index (χ0n) is 14.0. The molecule has 2 atom stereocenters. The molecule has 23 heavy (non-hydrogen) atoms. The Morgan fingerprint density at radius 3 is 2.91 bits per heavy atom. The first kappa shape index (κ1) is 16.1. The van der Waals surface area contributed by atoms with Crippen LogP contribution in [0.5, 0.6) is 5.75 Å². The lowest BCUT2D eigenvalue weighted by Gasteiger charge is -2.30. The highest BCUT2D eigenvalue weighted by Gasteiger charge is 2.33. The lowest BCUT2D eigenvalue weighted by Crippen LogP contribution is -2.46. The van der Waals surface area contributed by atoms with Crippen molar-refractivity contribution < 1.29 is 14.3 Å². The van der Waals surface area contributed by atoms with Crippen LogP contribution >= 0.6 is 0 Å². The van der Waals surface area contributed by atoms with Gasteiger partial charge in [-0.3, -0.25) is 4.90 Å². The molecule has 0 radical (unpaired) electrons. The molecule has 0 saturated carbocycles. The summed E-state index contributed by atoms with van der Waals surface area (Å²) in [6, 6.07) is 5.97. The Morgan fingerprint density at radius 1 is 1.30 bits per heavy atom. The standard InChI is InChI=1S/C17H25N3O3/c1-12-4-5-16(22-3)15(6-12)18-17(21)20-8-13-7-19(2)14(9-20)11-23-10-13/h4-6,13-14H,7-11H2,1-3H3,(H,18,21)/t13-,14+/m1/s1. The Labute approximate surface area is 137 Å². The van der Waals surface area contributed by atoms with Crippen molar-refractivity contribution in [2.45, 2.75) is 13.0 Å². The molecule has 0 unspecified atom stereocenters. The van der Waals surface area contributed by atoms with Crippen molar-refractivity contribution in [1.82, 2.24) is 9.80 Å². The fraction of sp³-hybridized carbons (Fsp3) is 0.588. The molecule has 0 aliphatic carbocycles. The van der Waals surface area contributed by atoms with E-state index in [9.17, 15) is 4.79 Å². The predicted molar refractivity (Wildman–Crippen MR) is 89.0 cm³/mol. The number of hydrogen-bond acceptors (Lipinski definition) is 4. The highest BCUT2D eigenvalue weighted by Crippen LogP contribution is 2.26. The highest BCUT2D eigenvalue weighted by molar-refractivity contribution is 5.91. The van der Waals surface area contributed by atoms with Crippen LogP contribution in [0.25, 0.3) is 0 Å². The Morgan fingerprint density at radius 2 is 2.13 bits per heavy atom. The number of rotatable bonds is 2. The number of carbonyl (C=O) groups excluding carboxylic acids is 1. The molecule has 0 aromatic heterocycles. The average molecular weight is 319 g/mol. The third kappa shape index (κ3) is 3.59. The maximum absolute atomic E-state index is 12.7. The summed E-state index contributed by atoms with van der Waals surface area (Å²) in [4.78, 5) is 16.9. The number of carbonyl (C=O) groups is 1. The molecule has 6 heteroatoms. The van der Waals surface area contributed by atoms with E-state index in [0.717, 1.165) is 30.9 Å². The Balaban J connectivity index is 1.74. The molecular formula is C17H25N3O3. The van der Waals surface area contributed by atoms with E-state index in [-0.39, 0.29) is 12.1 Å². The molecule has 2 saturated heterocycles. The summed E-state index contributed by atoms with van der Waals surface area (Å²) in [5, 5.41) is 3.01. The number of methoxy groups -OCH3 is 1. The molecule has 0 spiro atoms. The van der Waals surface area contributed by atoms with Crippen LogP contribution in [0.4, 0.5) is 10.5 Å². The van der Waals surface area contributed by atoms with Crippen LogP contribution in [0, 0.1) is 12.8 Å². The van der Waals surface area contributed by atoms with Gasteiger partial charge < -0.3 is 19.7 Å². The summed E-state index contributed by atoms with van der Waals surface area (Å²) in [5.74, 6) is 1.04. The fourth-order valence-corrected chi connectivity index (χ4v) is 3.33. The second kappa shape index (κ2) is 6.76. The summed E-state index contributed by atoms with van der Waals surface area (Å²) in [6.07, 6.45) is 0. The number of ether oxygens (including phenoxy) is 2. The Bertz CT molecular complexity index is 578. The number of urea groups is 1. The van der Waals surface area contributed by atoms with Crippen molar-refractivity contribution in [3.63, 3.8) is 0 Å². The first-order chi connectivity index (χ1) is 11.1. The number of nitrogens with zero attached hydrogens (tertiary/aromatic N) is 2. The van der Waals surface area contributed by atoms with Gasteiger partial charge >= 0.3 is 6.03 Å². The minimum atomic E-state index is -0.0684. The van der Waals surface area contributed by atoms with Crippen molar-refractivity contribution in [3.05, 3.63) is 23.8 Å². The van der Waals surface area contributed by atoms with Gasteiger partial charge in [-0.2, -0.15) is 0 Å². The lowest BCUT2D eigenvalue weighted by atomic mass is 10.1. The number of aryl methyl sites for hydroxylation is 1. The number of hydrogen-bond donors (Lipinski definition) is 1. The molecule has 3 rings (SSSR count). The van der Waals surface area contributed by atoms with Gasteiger partial charge in [0.25, 0.3) is 0 Å². The van der Waals surface area contributed by atoms with E-state index in [2.05, 4.69) is 17.3 Å². The maximum Gasteiger partial charge on any atom is 0.322 e. The van der Waals surface area contributed by atoms with E-state index in [1.165, 1.54) is 0 Å². The molecule has 1 aromatic rings. The van der Waals surface area contributed by atoms with Gasteiger partial charge in [0.2, 0.25) is 0 Å². The Kier molecular flexibility index (Phi) is 4.73. The van der Waals surface area contributed by atoms with Crippen LogP contribution in [0.1, 0.15) is 5.56 Å². The van der Waals surface area contributed by atoms with E-state index < -0.39 is 0 Å². The molecule has 2 fully saturated rings. The summed E-state index contributed by atoms with van der Waals surface area (Å²) in [5.41, 5.74) is 1.80. The molecule has 2 amide bonds. The van der Waals surface area contributed by atoms with Crippen LogP contribution in [0.2, 0.25) is 0 Å². The van der Waals surface area contributed by atoms with Crippen LogP contribution in [0.15, 0.2) is 18.2 Å². The van der Waals surface area contributed by atoms with Crippen LogP contribution in [-0.2, 0) is 4.74 Å². The molecule has 2 aliphatic rings. The minimum Gasteiger partial charge on any atom is -0.495 e. The Hall–Kier alpha value is -1.79. The quantitative estimate of drug-likeness (QED) is 0.903. The second-order valence-electron chi connectivity index (χ2n) is 6.54. The number of likely N-dealkylation sites (N-methyl/N-ethyl adjacent to an activating group) is 1. The van der Waals surface area contributed by atoms with Gasteiger partial charge in [-0.25, -0.2) is 4.79 Å². The first-order valence-electron chi connectivity index (χ1n) is 8.05. The van der Waals surface area contributed by atoms with Gasteiger partial charge in [-0.15, -0.1) is 0 Å². The third-order valence-electron chi connectivity index (χ3n) is 4.63. The fourth-order valence-electron chi connectivity index (χ4n) is 3.33. The summed E-state index contributed by atoms with van der Waals surface area (Å²) in [7, 11) is 3.72. The van der Waals surface area contributed by atoms with E-state index in [1.54, 1.807) is 7.11 Å². The first-order valence-corrected chi connectivity index (χ1v) is 8.05. The normalized spacial score (nSPS) is 24.9. The van der Waals surface area contributed by atoms with Crippen molar-refractivity contribution in [2.24, 2.45) is 5.92 Å². The van der Waals surface area contributed by atoms with Crippen molar-refractivity contribution in [3.8, 4) is 5.75 Å². The van der Waals surface area contributed by atoms with E-state index in [4.69, 9.17) is 9.47 Å². The van der Waals surface area contributed by atoms with Gasteiger partial charge in [0.1, 0.15) is 5.75 Å². The smallest absolute Gasteiger partial charge is 0.322 e. The molecule has 126 valence electrons. The number of fused-ring (bicyclic) bond motifs is 3. The number of nitrogens with one attached hydrogen (secondary N) is 1. The topological polar surface area (TPSA) is 54.0 Å². The monoisotopic (exact) mass is 319 g/mol. The maximum atomic E-state index is 12.7.